The molecule has 10 nitrogen and oxygen atoms in total. The van der Waals surface area contributed by atoms with Crippen molar-refractivity contribution in [3.8, 4) is 0 Å². The van der Waals surface area contributed by atoms with E-state index in [0.717, 1.165) is 4.90 Å². The number of nitrogens with zero attached hydrogens (tertiary/aromatic N) is 3. The van der Waals surface area contributed by atoms with Gasteiger partial charge in [0.2, 0.25) is 17.7 Å². The molecule has 0 unspecified atom stereocenters. The summed E-state index contributed by atoms with van der Waals surface area (Å²) in [5.74, 6) is -2.23. The van der Waals surface area contributed by atoms with Crippen LogP contribution in [0.15, 0.2) is 4.42 Å². The summed E-state index contributed by atoms with van der Waals surface area (Å²) in [7, 11) is 0. The first kappa shape index (κ1) is 14.6. The van der Waals surface area contributed by atoms with Crippen molar-refractivity contribution in [2.24, 2.45) is 5.73 Å². The number of carbonyl (C=O) groups is 3. The highest BCUT2D eigenvalue weighted by molar-refractivity contribution is 5.91. The minimum atomic E-state index is -1.18. The number of amides is 2. The first-order valence-electron chi connectivity index (χ1n) is 5.19. The third kappa shape index (κ3) is 5.59. The van der Waals surface area contributed by atoms with Crippen molar-refractivity contribution in [2.45, 2.75) is 6.92 Å². The van der Waals surface area contributed by atoms with Crippen LogP contribution in [0.5, 0.6) is 0 Å². The van der Waals surface area contributed by atoms with Crippen LogP contribution in [0.1, 0.15) is 5.89 Å². The second-order valence-electron chi connectivity index (χ2n) is 3.68. The molecule has 0 saturated carbocycles. The number of nitrogens with one attached hydrogen (secondary N) is 1. The van der Waals surface area contributed by atoms with E-state index in [0.29, 0.717) is 0 Å². The van der Waals surface area contributed by atoms with Crippen LogP contribution >= 0.6 is 0 Å². The van der Waals surface area contributed by atoms with Crippen molar-refractivity contribution >= 4 is 23.8 Å². The highest BCUT2D eigenvalue weighted by Gasteiger charge is 2.17. The zero-order valence-corrected chi connectivity index (χ0v) is 10.1. The largest absolute Gasteiger partial charge is 0.480 e. The normalized spacial score (nSPS) is 10.4. The molecule has 0 aliphatic rings. The van der Waals surface area contributed by atoms with E-state index < -0.39 is 24.3 Å². The van der Waals surface area contributed by atoms with E-state index in [9.17, 15) is 14.4 Å². The molecule has 104 valence electrons. The van der Waals surface area contributed by atoms with Gasteiger partial charge in [-0.3, -0.25) is 24.6 Å². The van der Waals surface area contributed by atoms with Gasteiger partial charge in [-0.05, 0) is 0 Å². The molecular formula is C9H13N5O5. The number of nitrogens with two attached hydrogens (primary N) is 1. The molecule has 0 radical (unpaired) electrons. The highest BCUT2D eigenvalue weighted by atomic mass is 16.4. The van der Waals surface area contributed by atoms with E-state index in [-0.39, 0.29) is 25.0 Å². The second kappa shape index (κ2) is 6.44. The molecule has 0 spiro atoms. The SMILES string of the molecule is Cc1nnc(NC(=O)CN(CC(N)=O)CC(=O)O)o1. The highest BCUT2D eigenvalue weighted by Crippen LogP contribution is 2.03. The molecular weight excluding hydrogens is 258 g/mol. The Kier molecular flexibility index (Phi) is 4.94. The number of hydrogen-bond donors (Lipinski definition) is 3. The van der Waals surface area contributed by atoms with E-state index in [1.165, 1.54) is 0 Å². The topological polar surface area (TPSA) is 152 Å². The van der Waals surface area contributed by atoms with E-state index in [4.69, 9.17) is 15.3 Å². The smallest absolute Gasteiger partial charge is 0.322 e. The Bertz CT molecular complexity index is 469. The summed E-state index contributed by atoms with van der Waals surface area (Å²) < 4.78 is 4.92. The summed E-state index contributed by atoms with van der Waals surface area (Å²) >= 11 is 0. The average Bonchev–Trinajstić information content (AvgIpc) is 2.61. The maximum absolute atomic E-state index is 11.6. The molecule has 1 heterocycles. The van der Waals surface area contributed by atoms with E-state index in [2.05, 4.69) is 15.5 Å². The van der Waals surface area contributed by atoms with Gasteiger partial charge in [0.25, 0.3) is 0 Å². The molecule has 2 amide bonds. The van der Waals surface area contributed by atoms with Gasteiger partial charge in [0.05, 0.1) is 19.6 Å². The first-order valence-corrected chi connectivity index (χ1v) is 5.19. The van der Waals surface area contributed by atoms with Gasteiger partial charge in [0.1, 0.15) is 0 Å². The monoisotopic (exact) mass is 271 g/mol. The molecule has 4 N–H and O–H groups in total. The molecule has 1 aromatic rings. The summed E-state index contributed by atoms with van der Waals surface area (Å²) in [5, 5.41) is 18.0. The van der Waals surface area contributed by atoms with Gasteiger partial charge in [0, 0.05) is 6.92 Å². The molecule has 1 rings (SSSR count). The van der Waals surface area contributed by atoms with E-state index >= 15 is 0 Å². The molecule has 0 aliphatic heterocycles. The lowest BCUT2D eigenvalue weighted by molar-refractivity contribution is -0.138. The van der Waals surface area contributed by atoms with Gasteiger partial charge in [-0.2, -0.15) is 0 Å². The lowest BCUT2D eigenvalue weighted by Crippen LogP contribution is -2.41. The number of carboxylic acids is 1. The summed E-state index contributed by atoms with van der Waals surface area (Å²) in [6, 6.07) is -0.100. The molecule has 1 aromatic heterocycles. The number of aliphatic carboxylic acids is 1. The Labute approximate surface area is 107 Å². The summed E-state index contributed by atoms with van der Waals surface area (Å²) in [6.45, 7) is 0.380. The molecule has 0 fully saturated rings. The Morgan fingerprint density at radius 2 is 2.00 bits per heavy atom. The number of carbonyl (C=O) groups excluding carboxylic acids is 2. The van der Waals surface area contributed by atoms with Crippen molar-refractivity contribution in [1.29, 1.82) is 0 Å². The number of aromatic nitrogens is 2. The van der Waals surface area contributed by atoms with Gasteiger partial charge in [0.15, 0.2) is 0 Å². The van der Waals surface area contributed by atoms with Crippen molar-refractivity contribution in [1.82, 2.24) is 15.1 Å². The van der Waals surface area contributed by atoms with Gasteiger partial charge in [-0.1, -0.05) is 5.10 Å². The number of primary amides is 1. The fraction of sp³-hybridized carbons (Fsp3) is 0.444. The van der Waals surface area contributed by atoms with E-state index in [1.54, 1.807) is 6.92 Å². The maximum atomic E-state index is 11.6. The lowest BCUT2D eigenvalue weighted by atomic mass is 10.4. The molecule has 10 heteroatoms. The van der Waals surface area contributed by atoms with Gasteiger partial charge in [-0.15, -0.1) is 5.10 Å². The van der Waals surface area contributed by atoms with Gasteiger partial charge < -0.3 is 15.3 Å². The van der Waals surface area contributed by atoms with Crippen LogP contribution in [0.3, 0.4) is 0 Å². The van der Waals surface area contributed by atoms with Crippen LogP contribution in [0.25, 0.3) is 0 Å². The Morgan fingerprint density at radius 1 is 1.32 bits per heavy atom. The van der Waals surface area contributed by atoms with Gasteiger partial charge >= 0.3 is 12.0 Å². The standard InChI is InChI=1S/C9H13N5O5/c1-5-12-13-9(19-5)11-7(16)3-14(2-6(10)15)4-8(17)18/h2-4H2,1H3,(H2,10,15)(H,17,18)(H,11,13,16). The Hall–Kier alpha value is -2.49. The fourth-order valence-electron chi connectivity index (χ4n) is 1.29. The Morgan fingerprint density at radius 3 is 2.47 bits per heavy atom. The number of rotatable bonds is 7. The molecule has 0 aromatic carbocycles. The molecule has 0 atom stereocenters. The van der Waals surface area contributed by atoms with E-state index in [1.807, 2.05) is 0 Å². The zero-order chi connectivity index (χ0) is 14.4. The first-order chi connectivity index (χ1) is 8.86. The predicted octanol–water partition coefficient (Wildman–Crippen LogP) is -1.81. The minimum Gasteiger partial charge on any atom is -0.480 e. The quantitative estimate of drug-likeness (QED) is 0.524. The molecule has 0 saturated heterocycles. The van der Waals surface area contributed by atoms with Crippen molar-refractivity contribution < 1.29 is 23.9 Å². The van der Waals surface area contributed by atoms with Crippen LogP contribution in [-0.2, 0) is 14.4 Å². The maximum Gasteiger partial charge on any atom is 0.322 e. The van der Waals surface area contributed by atoms with Crippen LogP contribution in [0.2, 0.25) is 0 Å². The summed E-state index contributed by atoms with van der Waals surface area (Å²) in [4.78, 5) is 34.0. The van der Waals surface area contributed by atoms with Gasteiger partial charge in [-0.25, -0.2) is 0 Å². The predicted molar refractivity (Wildman–Crippen MR) is 60.9 cm³/mol. The molecule has 19 heavy (non-hydrogen) atoms. The van der Waals surface area contributed by atoms with Crippen molar-refractivity contribution in [3.63, 3.8) is 0 Å². The summed E-state index contributed by atoms with van der Waals surface area (Å²) in [6.07, 6.45) is 0. The van der Waals surface area contributed by atoms with Crippen molar-refractivity contribution in [3.05, 3.63) is 5.89 Å². The average molecular weight is 271 g/mol. The number of anilines is 1. The van der Waals surface area contributed by atoms with Crippen molar-refractivity contribution in [2.75, 3.05) is 25.0 Å². The third-order valence-corrected chi connectivity index (χ3v) is 1.88. The minimum absolute atomic E-state index is 0.100. The number of aryl methyl sites for hydroxylation is 1. The fourth-order valence-corrected chi connectivity index (χ4v) is 1.29. The molecule has 0 aliphatic carbocycles. The number of hydrogen-bond acceptors (Lipinski definition) is 7. The Balaban J connectivity index is 2.54. The summed E-state index contributed by atoms with van der Waals surface area (Å²) in [5.41, 5.74) is 4.95. The van der Waals surface area contributed by atoms with Crippen LogP contribution in [0, 0.1) is 6.92 Å². The molecule has 0 bridgehead atoms. The number of carboxylic acid groups (broad SMARTS) is 1. The second-order valence-corrected chi connectivity index (χ2v) is 3.68. The van der Waals surface area contributed by atoms with Crippen LogP contribution in [-0.4, -0.2) is 57.6 Å². The van der Waals surface area contributed by atoms with Crippen LogP contribution < -0.4 is 11.1 Å². The van der Waals surface area contributed by atoms with Crippen LogP contribution in [0.4, 0.5) is 6.01 Å². The lowest BCUT2D eigenvalue weighted by Gasteiger charge is -2.16. The zero-order valence-electron chi connectivity index (χ0n) is 10.1. The third-order valence-electron chi connectivity index (χ3n) is 1.88.